The summed E-state index contributed by atoms with van der Waals surface area (Å²) in [7, 11) is 0. The standard InChI is InChI=1S/C23H19NO3S/c1-2-27-20-13-6-4-9-17(20)14-21-22(25)24(23(26)28-21)15-18-11-7-10-16-8-3-5-12-19(16)18/h3-14H,2,15H2,1H3/b21-14+. The van der Waals surface area contributed by atoms with E-state index in [1.165, 1.54) is 4.90 Å². The molecule has 5 heteroatoms. The van der Waals surface area contributed by atoms with Crippen molar-refractivity contribution in [2.24, 2.45) is 0 Å². The molecule has 1 heterocycles. The Balaban J connectivity index is 1.63. The van der Waals surface area contributed by atoms with Crippen molar-refractivity contribution in [2.75, 3.05) is 6.61 Å². The van der Waals surface area contributed by atoms with Gasteiger partial charge in [0.1, 0.15) is 5.75 Å². The highest BCUT2D eigenvalue weighted by molar-refractivity contribution is 8.18. The van der Waals surface area contributed by atoms with Crippen molar-refractivity contribution >= 4 is 39.8 Å². The fourth-order valence-corrected chi connectivity index (χ4v) is 4.09. The highest BCUT2D eigenvalue weighted by atomic mass is 32.2. The molecule has 0 atom stereocenters. The van der Waals surface area contributed by atoms with E-state index in [0.29, 0.717) is 17.3 Å². The van der Waals surface area contributed by atoms with Crippen LogP contribution in [0.3, 0.4) is 0 Å². The lowest BCUT2D eigenvalue weighted by molar-refractivity contribution is -0.123. The van der Waals surface area contributed by atoms with Gasteiger partial charge in [0.25, 0.3) is 11.1 Å². The molecule has 140 valence electrons. The van der Waals surface area contributed by atoms with Crippen molar-refractivity contribution in [3.05, 3.63) is 82.8 Å². The Labute approximate surface area is 167 Å². The van der Waals surface area contributed by atoms with Crippen molar-refractivity contribution in [1.29, 1.82) is 0 Å². The van der Waals surface area contributed by atoms with Gasteiger partial charge in [-0.15, -0.1) is 0 Å². The van der Waals surface area contributed by atoms with Gasteiger partial charge in [0.2, 0.25) is 0 Å². The van der Waals surface area contributed by atoms with E-state index in [0.717, 1.165) is 33.7 Å². The normalized spacial score (nSPS) is 15.6. The van der Waals surface area contributed by atoms with Gasteiger partial charge in [-0.3, -0.25) is 14.5 Å². The number of hydrogen-bond acceptors (Lipinski definition) is 4. The number of hydrogen-bond donors (Lipinski definition) is 0. The van der Waals surface area contributed by atoms with Gasteiger partial charge in [0.15, 0.2) is 0 Å². The first-order valence-corrected chi connectivity index (χ1v) is 9.93. The number of carbonyl (C=O) groups excluding carboxylic acids is 2. The molecule has 0 unspecified atom stereocenters. The number of ether oxygens (including phenoxy) is 1. The molecule has 3 aromatic rings. The number of thioether (sulfide) groups is 1. The zero-order chi connectivity index (χ0) is 19.5. The molecule has 0 radical (unpaired) electrons. The van der Waals surface area contributed by atoms with Gasteiger partial charge in [-0.05, 0) is 47.2 Å². The van der Waals surface area contributed by atoms with Crippen molar-refractivity contribution in [2.45, 2.75) is 13.5 Å². The molecule has 1 fully saturated rings. The van der Waals surface area contributed by atoms with E-state index in [1.54, 1.807) is 6.08 Å². The van der Waals surface area contributed by atoms with E-state index >= 15 is 0 Å². The number of para-hydroxylation sites is 1. The Bertz CT molecular complexity index is 1080. The maximum absolute atomic E-state index is 12.9. The number of carbonyl (C=O) groups is 2. The second-order valence-corrected chi connectivity index (χ2v) is 7.37. The molecule has 3 aromatic carbocycles. The summed E-state index contributed by atoms with van der Waals surface area (Å²) in [6.45, 7) is 2.71. The number of nitrogens with zero attached hydrogens (tertiary/aromatic N) is 1. The molecule has 1 aliphatic rings. The third kappa shape index (κ3) is 3.53. The molecular weight excluding hydrogens is 370 g/mol. The minimum Gasteiger partial charge on any atom is -0.493 e. The van der Waals surface area contributed by atoms with E-state index in [4.69, 9.17) is 4.74 Å². The van der Waals surface area contributed by atoms with Gasteiger partial charge < -0.3 is 4.74 Å². The molecule has 1 aliphatic heterocycles. The van der Waals surface area contributed by atoms with Crippen LogP contribution in [-0.4, -0.2) is 22.7 Å². The van der Waals surface area contributed by atoms with Crippen LogP contribution in [0.5, 0.6) is 5.75 Å². The predicted octanol–water partition coefficient (Wildman–Crippen LogP) is 5.48. The number of imide groups is 1. The Morgan fingerprint density at radius 3 is 2.57 bits per heavy atom. The van der Waals surface area contributed by atoms with Crippen LogP contribution < -0.4 is 4.74 Å². The van der Waals surface area contributed by atoms with Crippen LogP contribution in [0.15, 0.2) is 71.6 Å². The zero-order valence-electron chi connectivity index (χ0n) is 15.4. The minimum atomic E-state index is -0.269. The van der Waals surface area contributed by atoms with Crippen LogP contribution in [-0.2, 0) is 11.3 Å². The maximum atomic E-state index is 12.9. The monoisotopic (exact) mass is 389 g/mol. The Morgan fingerprint density at radius 2 is 1.71 bits per heavy atom. The molecular formula is C23H19NO3S. The molecule has 4 rings (SSSR count). The van der Waals surface area contributed by atoms with Crippen LogP contribution in [0.1, 0.15) is 18.1 Å². The topological polar surface area (TPSA) is 46.6 Å². The quantitative estimate of drug-likeness (QED) is 0.543. The molecule has 0 aliphatic carbocycles. The van der Waals surface area contributed by atoms with Gasteiger partial charge in [-0.2, -0.15) is 0 Å². The summed E-state index contributed by atoms with van der Waals surface area (Å²) in [5.41, 5.74) is 1.75. The lowest BCUT2D eigenvalue weighted by Gasteiger charge is -2.14. The Kier molecular flexibility index (Phi) is 5.17. The second-order valence-electron chi connectivity index (χ2n) is 6.38. The zero-order valence-corrected chi connectivity index (χ0v) is 16.2. The minimum absolute atomic E-state index is 0.252. The average Bonchev–Trinajstić information content (AvgIpc) is 2.97. The Hall–Kier alpha value is -3.05. The second kappa shape index (κ2) is 7.90. The third-order valence-corrected chi connectivity index (χ3v) is 5.49. The smallest absolute Gasteiger partial charge is 0.293 e. The van der Waals surface area contributed by atoms with Crippen molar-refractivity contribution < 1.29 is 14.3 Å². The van der Waals surface area contributed by atoms with Crippen LogP contribution in [0.25, 0.3) is 16.8 Å². The third-order valence-electron chi connectivity index (χ3n) is 4.59. The fourth-order valence-electron chi connectivity index (χ4n) is 3.26. The first kappa shape index (κ1) is 18.3. The molecule has 0 bridgehead atoms. The van der Waals surface area contributed by atoms with Crippen LogP contribution in [0.2, 0.25) is 0 Å². The van der Waals surface area contributed by atoms with Gasteiger partial charge in [0.05, 0.1) is 18.1 Å². The lowest BCUT2D eigenvalue weighted by Crippen LogP contribution is -2.27. The Morgan fingerprint density at radius 1 is 0.964 bits per heavy atom. The van der Waals surface area contributed by atoms with Gasteiger partial charge in [-0.1, -0.05) is 60.7 Å². The van der Waals surface area contributed by atoms with E-state index in [1.807, 2.05) is 73.7 Å². The molecule has 0 N–H and O–H groups in total. The maximum Gasteiger partial charge on any atom is 0.293 e. The van der Waals surface area contributed by atoms with Gasteiger partial charge >= 0.3 is 0 Å². The molecule has 0 saturated carbocycles. The first-order chi connectivity index (χ1) is 13.7. The van der Waals surface area contributed by atoms with Crippen molar-refractivity contribution in [3.63, 3.8) is 0 Å². The predicted molar refractivity (Wildman–Crippen MR) is 113 cm³/mol. The number of rotatable bonds is 5. The van der Waals surface area contributed by atoms with Gasteiger partial charge in [-0.25, -0.2) is 0 Å². The molecule has 2 amide bonds. The summed E-state index contributed by atoms with van der Waals surface area (Å²) in [5, 5.41) is 1.89. The van der Waals surface area contributed by atoms with Crippen LogP contribution in [0.4, 0.5) is 4.79 Å². The highest BCUT2D eigenvalue weighted by Gasteiger charge is 2.35. The first-order valence-electron chi connectivity index (χ1n) is 9.11. The SMILES string of the molecule is CCOc1ccccc1/C=C1/SC(=O)N(Cc2cccc3ccccc23)C1=O. The molecule has 1 saturated heterocycles. The number of amides is 2. The molecule has 28 heavy (non-hydrogen) atoms. The van der Waals surface area contributed by atoms with E-state index in [2.05, 4.69) is 0 Å². The van der Waals surface area contributed by atoms with E-state index in [-0.39, 0.29) is 17.7 Å². The summed E-state index contributed by atoms with van der Waals surface area (Å²) in [6.07, 6.45) is 1.74. The fraction of sp³-hybridized carbons (Fsp3) is 0.130. The molecule has 4 nitrogen and oxygen atoms in total. The summed E-state index contributed by atoms with van der Waals surface area (Å²) in [5.74, 6) is 0.431. The lowest BCUT2D eigenvalue weighted by atomic mass is 10.0. The van der Waals surface area contributed by atoms with E-state index < -0.39 is 0 Å². The summed E-state index contributed by atoms with van der Waals surface area (Å²) in [6, 6.07) is 21.4. The molecule has 0 spiro atoms. The number of benzene rings is 3. The highest BCUT2D eigenvalue weighted by Crippen LogP contribution is 2.35. The summed E-state index contributed by atoms with van der Waals surface area (Å²) >= 11 is 0.971. The summed E-state index contributed by atoms with van der Waals surface area (Å²) < 4.78 is 5.62. The molecule has 0 aromatic heterocycles. The van der Waals surface area contributed by atoms with Crippen LogP contribution >= 0.6 is 11.8 Å². The van der Waals surface area contributed by atoms with Crippen LogP contribution in [0, 0.1) is 0 Å². The average molecular weight is 389 g/mol. The van der Waals surface area contributed by atoms with Crippen molar-refractivity contribution in [1.82, 2.24) is 4.90 Å². The number of fused-ring (bicyclic) bond motifs is 1. The van der Waals surface area contributed by atoms with Crippen molar-refractivity contribution in [3.8, 4) is 5.75 Å². The van der Waals surface area contributed by atoms with Gasteiger partial charge in [0, 0.05) is 5.56 Å². The summed E-state index contributed by atoms with van der Waals surface area (Å²) in [4.78, 5) is 27.2. The largest absolute Gasteiger partial charge is 0.493 e. The van der Waals surface area contributed by atoms with E-state index in [9.17, 15) is 9.59 Å².